The first-order valence-electron chi connectivity index (χ1n) is 8.15. The standard InChI is InChI=1S/C18H25N5O/c1-5-6-13-23(4)18(24)16-11-12-17(21-20-16)19-14-7-9-15(10-8-14)22(2)3/h7-12H,5-6,13H2,1-4H3,(H,19,21). The van der Waals surface area contributed by atoms with Crippen molar-refractivity contribution in [2.45, 2.75) is 19.8 Å². The van der Waals surface area contributed by atoms with E-state index in [4.69, 9.17) is 0 Å². The molecule has 0 aliphatic carbocycles. The molecule has 1 N–H and O–H groups in total. The first-order chi connectivity index (χ1) is 11.5. The van der Waals surface area contributed by atoms with Gasteiger partial charge in [-0.3, -0.25) is 4.79 Å². The summed E-state index contributed by atoms with van der Waals surface area (Å²) in [6.45, 7) is 2.83. The second-order valence-electron chi connectivity index (χ2n) is 5.95. The molecule has 6 nitrogen and oxygen atoms in total. The summed E-state index contributed by atoms with van der Waals surface area (Å²) in [5, 5.41) is 11.3. The smallest absolute Gasteiger partial charge is 0.274 e. The van der Waals surface area contributed by atoms with E-state index in [1.807, 2.05) is 43.3 Å². The van der Waals surface area contributed by atoms with Crippen molar-refractivity contribution in [3.05, 3.63) is 42.1 Å². The zero-order valence-electron chi connectivity index (χ0n) is 14.8. The van der Waals surface area contributed by atoms with E-state index in [0.717, 1.165) is 30.8 Å². The molecule has 24 heavy (non-hydrogen) atoms. The minimum atomic E-state index is -0.0992. The van der Waals surface area contributed by atoms with Gasteiger partial charge in [-0.2, -0.15) is 0 Å². The van der Waals surface area contributed by atoms with Crippen LogP contribution in [0.4, 0.5) is 17.2 Å². The van der Waals surface area contributed by atoms with Crippen LogP contribution in [0.2, 0.25) is 0 Å². The Morgan fingerprint density at radius 3 is 2.29 bits per heavy atom. The van der Waals surface area contributed by atoms with Crippen molar-refractivity contribution >= 4 is 23.1 Å². The first kappa shape index (κ1) is 17.7. The molecule has 128 valence electrons. The molecule has 0 radical (unpaired) electrons. The van der Waals surface area contributed by atoms with E-state index >= 15 is 0 Å². The fourth-order valence-corrected chi connectivity index (χ4v) is 2.20. The summed E-state index contributed by atoms with van der Waals surface area (Å²) in [7, 11) is 5.79. The Morgan fingerprint density at radius 1 is 1.04 bits per heavy atom. The van der Waals surface area contributed by atoms with E-state index in [9.17, 15) is 4.79 Å². The molecule has 1 amide bonds. The molecule has 0 atom stereocenters. The number of hydrogen-bond acceptors (Lipinski definition) is 5. The molecule has 0 unspecified atom stereocenters. The van der Waals surface area contributed by atoms with E-state index in [2.05, 4.69) is 22.4 Å². The number of carbonyl (C=O) groups is 1. The van der Waals surface area contributed by atoms with Gasteiger partial charge < -0.3 is 15.1 Å². The predicted octanol–water partition coefficient (Wildman–Crippen LogP) is 3.16. The average molecular weight is 327 g/mol. The number of amides is 1. The van der Waals surface area contributed by atoms with Crippen molar-refractivity contribution < 1.29 is 4.79 Å². The summed E-state index contributed by atoms with van der Waals surface area (Å²) in [4.78, 5) is 15.9. The molecular weight excluding hydrogens is 302 g/mol. The summed E-state index contributed by atoms with van der Waals surface area (Å²) in [5.41, 5.74) is 2.42. The highest BCUT2D eigenvalue weighted by Gasteiger charge is 2.13. The highest BCUT2D eigenvalue weighted by Crippen LogP contribution is 2.18. The maximum absolute atomic E-state index is 12.2. The summed E-state index contributed by atoms with van der Waals surface area (Å²) >= 11 is 0. The number of nitrogens with one attached hydrogen (secondary N) is 1. The molecule has 1 aromatic carbocycles. The lowest BCUT2D eigenvalue weighted by Gasteiger charge is -2.16. The molecule has 0 aliphatic rings. The van der Waals surface area contributed by atoms with Gasteiger partial charge in [0.05, 0.1) is 0 Å². The molecular formula is C18H25N5O. The highest BCUT2D eigenvalue weighted by atomic mass is 16.2. The minimum Gasteiger partial charge on any atom is -0.378 e. The summed E-state index contributed by atoms with van der Waals surface area (Å²) < 4.78 is 0. The van der Waals surface area contributed by atoms with Gasteiger partial charge in [-0.05, 0) is 42.8 Å². The molecule has 2 aromatic rings. The van der Waals surface area contributed by atoms with Gasteiger partial charge in [0, 0.05) is 39.1 Å². The van der Waals surface area contributed by atoms with Crippen LogP contribution in [0.15, 0.2) is 36.4 Å². The van der Waals surface area contributed by atoms with Crippen LogP contribution in [0.3, 0.4) is 0 Å². The maximum Gasteiger partial charge on any atom is 0.274 e. The molecule has 0 aliphatic heterocycles. The lowest BCUT2D eigenvalue weighted by atomic mass is 10.2. The van der Waals surface area contributed by atoms with E-state index in [1.165, 1.54) is 0 Å². The van der Waals surface area contributed by atoms with Crippen LogP contribution in [0.25, 0.3) is 0 Å². The van der Waals surface area contributed by atoms with Gasteiger partial charge in [-0.1, -0.05) is 13.3 Å². The van der Waals surface area contributed by atoms with Gasteiger partial charge in [0.1, 0.15) is 0 Å². The second kappa shape index (κ2) is 8.29. The summed E-state index contributed by atoms with van der Waals surface area (Å²) in [5.74, 6) is 0.512. The van der Waals surface area contributed by atoms with Crippen molar-refractivity contribution in [2.75, 3.05) is 37.9 Å². The van der Waals surface area contributed by atoms with Crippen molar-refractivity contribution in [3.8, 4) is 0 Å². The van der Waals surface area contributed by atoms with Gasteiger partial charge in [-0.15, -0.1) is 10.2 Å². The number of anilines is 3. The Morgan fingerprint density at radius 2 is 1.75 bits per heavy atom. The van der Waals surface area contributed by atoms with Crippen LogP contribution in [-0.4, -0.2) is 48.7 Å². The molecule has 6 heteroatoms. The number of unbranched alkanes of at least 4 members (excludes halogenated alkanes) is 1. The molecule has 2 rings (SSSR count). The lowest BCUT2D eigenvalue weighted by molar-refractivity contribution is 0.0786. The van der Waals surface area contributed by atoms with Crippen LogP contribution in [0, 0.1) is 0 Å². The molecule has 0 spiro atoms. The number of aromatic nitrogens is 2. The molecule has 0 bridgehead atoms. The Balaban J connectivity index is 2.00. The Kier molecular flexibility index (Phi) is 6.12. The fraction of sp³-hybridized carbons (Fsp3) is 0.389. The molecule has 1 heterocycles. The van der Waals surface area contributed by atoms with E-state index < -0.39 is 0 Å². The minimum absolute atomic E-state index is 0.0992. The fourth-order valence-electron chi connectivity index (χ4n) is 2.20. The second-order valence-corrected chi connectivity index (χ2v) is 5.95. The normalized spacial score (nSPS) is 10.3. The van der Waals surface area contributed by atoms with Gasteiger partial charge in [0.15, 0.2) is 11.5 Å². The van der Waals surface area contributed by atoms with Gasteiger partial charge >= 0.3 is 0 Å². The largest absolute Gasteiger partial charge is 0.378 e. The number of benzene rings is 1. The van der Waals surface area contributed by atoms with Gasteiger partial charge in [0.25, 0.3) is 5.91 Å². The van der Waals surface area contributed by atoms with Crippen molar-refractivity contribution in [1.29, 1.82) is 0 Å². The third-order valence-corrected chi connectivity index (χ3v) is 3.73. The number of nitrogens with zero attached hydrogens (tertiary/aromatic N) is 4. The Bertz CT molecular complexity index is 652. The Labute approximate surface area is 143 Å². The van der Waals surface area contributed by atoms with Crippen LogP contribution < -0.4 is 10.2 Å². The van der Waals surface area contributed by atoms with Crippen molar-refractivity contribution in [1.82, 2.24) is 15.1 Å². The third-order valence-electron chi connectivity index (χ3n) is 3.73. The first-order valence-corrected chi connectivity index (χ1v) is 8.15. The van der Waals surface area contributed by atoms with Crippen molar-refractivity contribution in [2.24, 2.45) is 0 Å². The predicted molar refractivity (Wildman–Crippen MR) is 98.0 cm³/mol. The van der Waals surface area contributed by atoms with Crippen LogP contribution in [0.1, 0.15) is 30.3 Å². The molecule has 0 fully saturated rings. The van der Waals surface area contributed by atoms with E-state index in [-0.39, 0.29) is 5.91 Å². The average Bonchev–Trinajstić information content (AvgIpc) is 2.60. The quantitative estimate of drug-likeness (QED) is 0.846. The zero-order valence-corrected chi connectivity index (χ0v) is 14.8. The van der Waals surface area contributed by atoms with Crippen molar-refractivity contribution in [3.63, 3.8) is 0 Å². The van der Waals surface area contributed by atoms with Crippen LogP contribution >= 0.6 is 0 Å². The number of hydrogen-bond donors (Lipinski definition) is 1. The van der Waals surface area contributed by atoms with E-state index in [1.54, 1.807) is 24.1 Å². The summed E-state index contributed by atoms with van der Waals surface area (Å²) in [6, 6.07) is 11.5. The maximum atomic E-state index is 12.2. The van der Waals surface area contributed by atoms with Crippen LogP contribution in [0.5, 0.6) is 0 Å². The Hall–Kier alpha value is -2.63. The number of rotatable bonds is 7. The topological polar surface area (TPSA) is 61.4 Å². The zero-order chi connectivity index (χ0) is 17.5. The van der Waals surface area contributed by atoms with Crippen LogP contribution in [-0.2, 0) is 0 Å². The van der Waals surface area contributed by atoms with Gasteiger partial charge in [-0.25, -0.2) is 0 Å². The SMILES string of the molecule is CCCCN(C)C(=O)c1ccc(Nc2ccc(N(C)C)cc2)nn1. The monoisotopic (exact) mass is 327 g/mol. The molecule has 0 saturated carbocycles. The summed E-state index contributed by atoms with van der Waals surface area (Å²) in [6.07, 6.45) is 2.04. The van der Waals surface area contributed by atoms with Gasteiger partial charge in [0.2, 0.25) is 0 Å². The van der Waals surface area contributed by atoms with E-state index in [0.29, 0.717) is 11.5 Å². The highest BCUT2D eigenvalue weighted by molar-refractivity contribution is 5.92. The molecule has 1 aromatic heterocycles. The lowest BCUT2D eigenvalue weighted by Crippen LogP contribution is -2.28. The molecule has 0 saturated heterocycles. The third kappa shape index (κ3) is 4.68. The number of carbonyl (C=O) groups excluding carboxylic acids is 1.